The first-order valence-corrected chi connectivity index (χ1v) is 10.6. The van der Waals surface area contributed by atoms with Gasteiger partial charge in [0.1, 0.15) is 0 Å². The van der Waals surface area contributed by atoms with E-state index < -0.39 is 17.8 Å². The van der Waals surface area contributed by atoms with Crippen molar-refractivity contribution in [2.45, 2.75) is 36.6 Å². The third-order valence-electron chi connectivity index (χ3n) is 5.05. The summed E-state index contributed by atoms with van der Waals surface area (Å²) >= 11 is 1.53. The van der Waals surface area contributed by atoms with Crippen molar-refractivity contribution < 1.29 is 24.1 Å². The van der Waals surface area contributed by atoms with Crippen LogP contribution in [0.2, 0.25) is 0 Å². The standard InChI is InChI=1S/C19H24N4O4S/c1-21(11-16(24)20-14-9-5-6-10-15(14)28-2)12-22-17(25)18(26)23(19(22)27)13-7-3-4-8-13/h5-6,9-10,13H,3-4,7-8,11-12H2,1-2H3,(H,20,24)/p+1. The number of carbonyl (C=O) groups excluding carboxylic acids is 4. The lowest BCUT2D eigenvalue weighted by molar-refractivity contribution is -0.878. The SMILES string of the molecule is CSc1ccccc1NC(=O)C[NH+](C)CN1C(=O)C(=O)N(C2CCCC2)C1=O. The lowest BCUT2D eigenvalue weighted by atomic mass is 10.2. The molecule has 0 aromatic heterocycles. The fraction of sp³-hybridized carbons (Fsp3) is 0.474. The molecule has 2 fully saturated rings. The Balaban J connectivity index is 1.58. The number of quaternary nitrogens is 1. The van der Waals surface area contributed by atoms with Gasteiger partial charge in [0.05, 0.1) is 12.7 Å². The maximum atomic E-state index is 12.6. The molecule has 0 radical (unpaired) electrons. The second-order valence-corrected chi connectivity index (χ2v) is 8.02. The highest BCUT2D eigenvalue weighted by molar-refractivity contribution is 7.98. The second kappa shape index (κ2) is 8.74. The number of rotatable bonds is 7. The van der Waals surface area contributed by atoms with Gasteiger partial charge >= 0.3 is 17.8 Å². The summed E-state index contributed by atoms with van der Waals surface area (Å²) in [5.74, 6) is -1.77. The number of benzene rings is 1. The highest BCUT2D eigenvalue weighted by Gasteiger charge is 2.49. The average Bonchev–Trinajstić information content (AvgIpc) is 3.25. The van der Waals surface area contributed by atoms with E-state index in [9.17, 15) is 19.2 Å². The van der Waals surface area contributed by atoms with Gasteiger partial charge in [-0.25, -0.2) is 9.69 Å². The summed E-state index contributed by atoms with van der Waals surface area (Å²) in [5, 5.41) is 2.86. The zero-order valence-corrected chi connectivity index (χ0v) is 16.9. The quantitative estimate of drug-likeness (QED) is 0.393. The number of nitrogens with one attached hydrogen (secondary N) is 2. The molecule has 1 saturated carbocycles. The molecule has 1 unspecified atom stereocenters. The number of nitrogens with zero attached hydrogens (tertiary/aromatic N) is 2. The van der Waals surface area contributed by atoms with Gasteiger partial charge < -0.3 is 10.2 Å². The van der Waals surface area contributed by atoms with Crippen molar-refractivity contribution in [3.63, 3.8) is 0 Å². The molecule has 1 aromatic carbocycles. The summed E-state index contributed by atoms with van der Waals surface area (Å²) in [4.78, 5) is 53.2. The summed E-state index contributed by atoms with van der Waals surface area (Å²) in [6, 6.07) is 6.74. The first kappa shape index (κ1) is 20.3. The van der Waals surface area contributed by atoms with Crippen LogP contribution in [-0.4, -0.2) is 66.1 Å². The van der Waals surface area contributed by atoms with E-state index in [4.69, 9.17) is 0 Å². The van der Waals surface area contributed by atoms with E-state index in [1.165, 1.54) is 11.8 Å². The van der Waals surface area contributed by atoms with Crippen LogP contribution >= 0.6 is 11.8 Å². The molecular weight excluding hydrogens is 380 g/mol. The van der Waals surface area contributed by atoms with Gasteiger partial charge in [-0.2, -0.15) is 0 Å². The van der Waals surface area contributed by atoms with Gasteiger partial charge in [-0.3, -0.25) is 19.3 Å². The van der Waals surface area contributed by atoms with Gasteiger partial charge in [0.25, 0.3) is 5.91 Å². The third-order valence-corrected chi connectivity index (χ3v) is 5.84. The van der Waals surface area contributed by atoms with Crippen LogP contribution in [0.1, 0.15) is 25.7 Å². The van der Waals surface area contributed by atoms with E-state index in [2.05, 4.69) is 5.32 Å². The second-order valence-electron chi connectivity index (χ2n) is 7.17. The molecule has 1 aliphatic carbocycles. The molecule has 0 spiro atoms. The molecule has 1 aliphatic heterocycles. The van der Waals surface area contributed by atoms with Crippen LogP contribution in [-0.2, 0) is 14.4 Å². The summed E-state index contributed by atoms with van der Waals surface area (Å²) in [5.41, 5.74) is 0.726. The topological polar surface area (TPSA) is 91.2 Å². The monoisotopic (exact) mass is 405 g/mol. The van der Waals surface area contributed by atoms with Gasteiger partial charge in [0.2, 0.25) is 0 Å². The molecule has 150 valence electrons. The van der Waals surface area contributed by atoms with Crippen molar-refractivity contribution in [2.24, 2.45) is 0 Å². The normalized spacial score (nSPS) is 18.9. The van der Waals surface area contributed by atoms with E-state index >= 15 is 0 Å². The Bertz CT molecular complexity index is 794. The van der Waals surface area contributed by atoms with Crippen molar-refractivity contribution in [2.75, 3.05) is 31.8 Å². The number of hydrogen-bond donors (Lipinski definition) is 2. The number of para-hydroxylation sites is 1. The molecule has 5 amide bonds. The molecule has 3 rings (SSSR count). The zero-order chi connectivity index (χ0) is 20.3. The van der Waals surface area contributed by atoms with Crippen LogP contribution in [0, 0.1) is 0 Å². The number of hydrogen-bond acceptors (Lipinski definition) is 5. The minimum Gasteiger partial charge on any atom is -0.320 e. The van der Waals surface area contributed by atoms with Crippen LogP contribution in [0.15, 0.2) is 29.2 Å². The van der Waals surface area contributed by atoms with Gasteiger partial charge in [0.15, 0.2) is 13.2 Å². The van der Waals surface area contributed by atoms with E-state index in [1.54, 1.807) is 7.05 Å². The van der Waals surface area contributed by atoms with E-state index in [0.717, 1.165) is 46.1 Å². The number of thioether (sulfide) groups is 1. The Kier molecular flexibility index (Phi) is 6.35. The Hall–Kier alpha value is -2.39. The first-order valence-electron chi connectivity index (χ1n) is 9.35. The molecule has 2 aliphatic rings. The summed E-state index contributed by atoms with van der Waals surface area (Å²) in [6.45, 7) is 0.0433. The van der Waals surface area contributed by atoms with E-state index in [1.807, 2.05) is 30.5 Å². The number of anilines is 1. The fourth-order valence-corrected chi connectivity index (χ4v) is 4.24. The molecule has 9 heteroatoms. The molecule has 1 atom stereocenters. The Morgan fingerprint density at radius 1 is 1.18 bits per heavy atom. The van der Waals surface area contributed by atoms with Crippen LogP contribution in [0.25, 0.3) is 0 Å². The van der Waals surface area contributed by atoms with Gasteiger partial charge in [-0.1, -0.05) is 25.0 Å². The first-order chi connectivity index (χ1) is 13.4. The van der Waals surface area contributed by atoms with Gasteiger partial charge in [0, 0.05) is 10.9 Å². The minimum atomic E-state index is -0.801. The largest absolute Gasteiger partial charge is 0.338 e. The Labute approximate surface area is 168 Å². The van der Waals surface area contributed by atoms with E-state index in [0.29, 0.717) is 4.90 Å². The molecule has 2 N–H and O–H groups in total. The predicted octanol–water partition coefficient (Wildman–Crippen LogP) is 0.553. The molecule has 1 aromatic rings. The molecule has 1 heterocycles. The zero-order valence-electron chi connectivity index (χ0n) is 16.1. The van der Waals surface area contributed by atoms with Crippen LogP contribution < -0.4 is 10.2 Å². The Morgan fingerprint density at radius 3 is 2.54 bits per heavy atom. The highest BCUT2D eigenvalue weighted by Crippen LogP contribution is 2.27. The average molecular weight is 406 g/mol. The fourth-order valence-electron chi connectivity index (χ4n) is 3.69. The predicted molar refractivity (Wildman–Crippen MR) is 105 cm³/mol. The van der Waals surface area contributed by atoms with Crippen molar-refractivity contribution in [3.8, 4) is 0 Å². The van der Waals surface area contributed by atoms with Gasteiger partial charge in [-0.05, 0) is 31.2 Å². The molecule has 1 saturated heterocycles. The number of likely N-dealkylation sites (N-methyl/N-ethyl adjacent to an activating group) is 1. The summed E-state index contributed by atoms with van der Waals surface area (Å²) < 4.78 is 0. The lowest BCUT2D eigenvalue weighted by Gasteiger charge is -2.22. The van der Waals surface area contributed by atoms with Crippen molar-refractivity contribution in [1.82, 2.24) is 9.80 Å². The smallest absolute Gasteiger partial charge is 0.320 e. The van der Waals surface area contributed by atoms with Crippen molar-refractivity contribution in [1.29, 1.82) is 0 Å². The third kappa shape index (κ3) is 4.20. The van der Waals surface area contributed by atoms with Crippen molar-refractivity contribution >= 4 is 41.2 Å². The molecule has 0 bridgehead atoms. The highest BCUT2D eigenvalue weighted by atomic mass is 32.2. The number of carbonyl (C=O) groups is 4. The van der Waals surface area contributed by atoms with Crippen LogP contribution in [0.3, 0.4) is 0 Å². The van der Waals surface area contributed by atoms with Gasteiger partial charge in [-0.15, -0.1) is 11.8 Å². The lowest BCUT2D eigenvalue weighted by Crippen LogP contribution is -3.11. The number of urea groups is 1. The maximum Gasteiger partial charge on any atom is 0.338 e. The number of amides is 5. The van der Waals surface area contributed by atoms with Crippen LogP contribution in [0.5, 0.6) is 0 Å². The minimum absolute atomic E-state index is 0.0236. The maximum absolute atomic E-state index is 12.6. The number of imide groups is 2. The summed E-state index contributed by atoms with van der Waals surface area (Å²) in [6.07, 6.45) is 5.34. The molecule has 8 nitrogen and oxygen atoms in total. The molecule has 28 heavy (non-hydrogen) atoms. The molecular formula is C19H25N4O4S+. The summed E-state index contributed by atoms with van der Waals surface area (Å²) in [7, 11) is 1.71. The Morgan fingerprint density at radius 2 is 1.86 bits per heavy atom. The van der Waals surface area contributed by atoms with Crippen LogP contribution in [0.4, 0.5) is 10.5 Å². The van der Waals surface area contributed by atoms with E-state index in [-0.39, 0.29) is 25.2 Å². The van der Waals surface area contributed by atoms with Crippen molar-refractivity contribution in [3.05, 3.63) is 24.3 Å².